The second-order valence-electron chi connectivity index (χ2n) is 1.47. The van der Waals surface area contributed by atoms with Crippen LogP contribution in [0.25, 0.3) is 0 Å². The molecule has 50 valence electrons. The van der Waals surface area contributed by atoms with Crippen LogP contribution in [0.4, 0.5) is 0 Å². The Morgan fingerprint density at radius 1 is 1.44 bits per heavy atom. The first-order valence-electron chi connectivity index (χ1n) is 2.60. The molecule has 0 unspecified atom stereocenters. The molecule has 0 radical (unpaired) electrons. The fourth-order valence-electron chi connectivity index (χ4n) is 0.341. The average Bonchev–Trinajstić information content (AvgIpc) is 1.80. The van der Waals surface area contributed by atoms with Gasteiger partial charge in [0.2, 0.25) is 5.91 Å². The van der Waals surface area contributed by atoms with Crippen LogP contribution in [0.5, 0.6) is 0 Å². The number of hydrogen-bond acceptors (Lipinski definition) is 2. The summed E-state index contributed by atoms with van der Waals surface area (Å²) < 4.78 is 0. The van der Waals surface area contributed by atoms with Crippen LogP contribution in [0.3, 0.4) is 0 Å². The summed E-state index contributed by atoms with van der Waals surface area (Å²) in [6.07, 6.45) is 6.75. The van der Waals surface area contributed by atoms with Crippen molar-refractivity contribution in [3.05, 3.63) is 24.4 Å². The lowest BCUT2D eigenvalue weighted by Crippen LogP contribution is -2.05. The van der Waals surface area contributed by atoms with E-state index < -0.39 is 5.91 Å². The van der Waals surface area contributed by atoms with Gasteiger partial charge in [0.25, 0.3) is 0 Å². The highest BCUT2D eigenvalue weighted by molar-refractivity contribution is 5.85. The van der Waals surface area contributed by atoms with Gasteiger partial charge in [0.05, 0.1) is 0 Å². The Morgan fingerprint density at radius 3 is 2.56 bits per heavy atom. The van der Waals surface area contributed by atoms with Gasteiger partial charge in [0.1, 0.15) is 0 Å². The van der Waals surface area contributed by atoms with E-state index in [9.17, 15) is 4.79 Å². The standard InChI is InChI=1S/C6H10N2O/c7-5-3-1-2-4-6(8)9/h2-5H,1,7H2,(H2,8,9). The van der Waals surface area contributed by atoms with Crippen molar-refractivity contribution in [3.63, 3.8) is 0 Å². The topological polar surface area (TPSA) is 69.1 Å². The molecule has 0 spiro atoms. The van der Waals surface area contributed by atoms with Crippen LogP contribution in [0.15, 0.2) is 24.4 Å². The molecule has 1 amide bonds. The number of amides is 1. The van der Waals surface area contributed by atoms with Gasteiger partial charge in [-0.2, -0.15) is 0 Å². The molecule has 0 heterocycles. The van der Waals surface area contributed by atoms with Crippen LogP contribution in [-0.2, 0) is 4.79 Å². The van der Waals surface area contributed by atoms with Gasteiger partial charge in [-0.1, -0.05) is 12.2 Å². The summed E-state index contributed by atoms with van der Waals surface area (Å²) in [5.41, 5.74) is 9.81. The first kappa shape index (κ1) is 7.75. The van der Waals surface area contributed by atoms with Crippen molar-refractivity contribution in [1.82, 2.24) is 0 Å². The molecule has 0 aromatic rings. The minimum atomic E-state index is -0.430. The molecule has 0 saturated heterocycles. The number of carbonyl (C=O) groups excluding carboxylic acids is 1. The maximum Gasteiger partial charge on any atom is 0.241 e. The molecule has 0 rings (SSSR count). The molecule has 4 N–H and O–H groups in total. The van der Waals surface area contributed by atoms with Crippen molar-refractivity contribution in [1.29, 1.82) is 0 Å². The molecular weight excluding hydrogens is 116 g/mol. The molecule has 9 heavy (non-hydrogen) atoms. The van der Waals surface area contributed by atoms with Crippen molar-refractivity contribution >= 4 is 5.91 Å². The van der Waals surface area contributed by atoms with Crippen LogP contribution in [-0.4, -0.2) is 5.91 Å². The Hall–Kier alpha value is -1.25. The third-order valence-corrected chi connectivity index (χ3v) is 0.690. The summed E-state index contributed by atoms with van der Waals surface area (Å²) in [6.45, 7) is 0. The lowest BCUT2D eigenvalue weighted by atomic mass is 10.3. The van der Waals surface area contributed by atoms with E-state index in [2.05, 4.69) is 0 Å². The maximum absolute atomic E-state index is 10.0. The van der Waals surface area contributed by atoms with Gasteiger partial charge >= 0.3 is 0 Å². The van der Waals surface area contributed by atoms with E-state index in [4.69, 9.17) is 11.5 Å². The quantitative estimate of drug-likeness (QED) is 0.518. The van der Waals surface area contributed by atoms with E-state index in [1.807, 2.05) is 0 Å². The number of hydrogen-bond donors (Lipinski definition) is 2. The molecule has 0 aliphatic carbocycles. The summed E-state index contributed by atoms with van der Waals surface area (Å²) in [7, 11) is 0. The third kappa shape index (κ3) is 6.75. The highest BCUT2D eigenvalue weighted by Crippen LogP contribution is 1.81. The van der Waals surface area contributed by atoms with Gasteiger partial charge in [-0.3, -0.25) is 4.79 Å². The molecule has 0 aromatic heterocycles. The molecular formula is C6H10N2O. The molecule has 0 atom stereocenters. The Labute approximate surface area is 54.0 Å². The fourth-order valence-corrected chi connectivity index (χ4v) is 0.341. The summed E-state index contributed by atoms with van der Waals surface area (Å²) in [5, 5.41) is 0. The molecule has 0 aromatic carbocycles. The van der Waals surface area contributed by atoms with E-state index in [0.29, 0.717) is 6.42 Å². The third-order valence-electron chi connectivity index (χ3n) is 0.690. The normalized spacial score (nSPS) is 11.1. The molecule has 0 aliphatic rings. The number of nitrogens with two attached hydrogens (primary N) is 2. The van der Waals surface area contributed by atoms with Gasteiger partial charge in [-0.05, 0) is 18.7 Å². The Balaban J connectivity index is 3.36. The van der Waals surface area contributed by atoms with Crippen molar-refractivity contribution in [3.8, 4) is 0 Å². The smallest absolute Gasteiger partial charge is 0.241 e. The minimum absolute atomic E-state index is 0.430. The Kier molecular flexibility index (Phi) is 4.22. The van der Waals surface area contributed by atoms with Gasteiger partial charge < -0.3 is 11.5 Å². The van der Waals surface area contributed by atoms with Crippen LogP contribution in [0.2, 0.25) is 0 Å². The molecule has 0 bridgehead atoms. The van der Waals surface area contributed by atoms with E-state index in [1.54, 1.807) is 12.2 Å². The first-order valence-corrected chi connectivity index (χ1v) is 2.60. The lowest BCUT2D eigenvalue weighted by Gasteiger charge is -1.78. The number of primary amides is 1. The largest absolute Gasteiger partial charge is 0.405 e. The highest BCUT2D eigenvalue weighted by atomic mass is 16.1. The van der Waals surface area contributed by atoms with Crippen molar-refractivity contribution in [2.75, 3.05) is 0 Å². The Bertz CT molecular complexity index is 138. The van der Waals surface area contributed by atoms with Crippen LogP contribution < -0.4 is 11.5 Å². The summed E-state index contributed by atoms with van der Waals surface area (Å²) >= 11 is 0. The predicted octanol–water partition coefficient (Wildman–Crippen LogP) is -0.110. The zero-order valence-electron chi connectivity index (χ0n) is 5.08. The monoisotopic (exact) mass is 126 g/mol. The van der Waals surface area contributed by atoms with E-state index in [0.717, 1.165) is 0 Å². The summed E-state index contributed by atoms with van der Waals surface area (Å²) in [5.74, 6) is -0.430. The van der Waals surface area contributed by atoms with Crippen LogP contribution in [0.1, 0.15) is 6.42 Å². The van der Waals surface area contributed by atoms with E-state index in [-0.39, 0.29) is 0 Å². The Morgan fingerprint density at radius 2 is 2.11 bits per heavy atom. The minimum Gasteiger partial charge on any atom is -0.405 e. The first-order chi connectivity index (χ1) is 4.27. The number of carbonyl (C=O) groups is 1. The summed E-state index contributed by atoms with van der Waals surface area (Å²) in [4.78, 5) is 10.0. The second-order valence-corrected chi connectivity index (χ2v) is 1.47. The van der Waals surface area contributed by atoms with Gasteiger partial charge in [0.15, 0.2) is 0 Å². The number of allylic oxidation sites excluding steroid dienone is 2. The van der Waals surface area contributed by atoms with E-state index in [1.165, 1.54) is 12.3 Å². The van der Waals surface area contributed by atoms with Gasteiger partial charge in [-0.15, -0.1) is 0 Å². The highest BCUT2D eigenvalue weighted by Gasteiger charge is 1.77. The molecule has 3 nitrogen and oxygen atoms in total. The molecule has 0 saturated carbocycles. The SMILES string of the molecule is NC=CCC=CC(N)=O. The lowest BCUT2D eigenvalue weighted by molar-refractivity contribution is -0.113. The van der Waals surface area contributed by atoms with Crippen LogP contribution >= 0.6 is 0 Å². The average molecular weight is 126 g/mol. The second kappa shape index (κ2) is 4.90. The van der Waals surface area contributed by atoms with Crippen molar-refractivity contribution < 1.29 is 4.79 Å². The predicted molar refractivity (Wildman–Crippen MR) is 36.3 cm³/mol. The zero-order chi connectivity index (χ0) is 7.11. The van der Waals surface area contributed by atoms with Crippen LogP contribution in [0, 0.1) is 0 Å². The van der Waals surface area contributed by atoms with Crippen molar-refractivity contribution in [2.45, 2.75) is 6.42 Å². The van der Waals surface area contributed by atoms with Crippen molar-refractivity contribution in [2.24, 2.45) is 11.5 Å². The van der Waals surface area contributed by atoms with E-state index >= 15 is 0 Å². The number of rotatable bonds is 3. The van der Waals surface area contributed by atoms with Gasteiger partial charge in [-0.25, -0.2) is 0 Å². The molecule has 0 aliphatic heterocycles. The summed E-state index contributed by atoms with van der Waals surface area (Å²) in [6, 6.07) is 0. The van der Waals surface area contributed by atoms with Gasteiger partial charge in [0, 0.05) is 0 Å². The molecule has 0 fully saturated rings. The zero-order valence-corrected chi connectivity index (χ0v) is 5.08. The maximum atomic E-state index is 10.0. The fraction of sp³-hybridized carbons (Fsp3) is 0.167. The molecule has 3 heteroatoms.